The van der Waals surface area contributed by atoms with Gasteiger partial charge in [0.25, 0.3) is 0 Å². The molecule has 1 aliphatic carbocycles. The Balaban J connectivity index is 1.51. The highest BCUT2D eigenvalue weighted by Crippen LogP contribution is 2.46. The summed E-state index contributed by atoms with van der Waals surface area (Å²) in [5, 5.41) is 0. The second kappa shape index (κ2) is 7.18. The third kappa shape index (κ3) is 3.86. The minimum atomic E-state index is -0.357. The molecule has 0 radical (unpaired) electrons. The van der Waals surface area contributed by atoms with Gasteiger partial charge in [-0.2, -0.15) is 0 Å². The molecule has 0 amide bonds. The lowest BCUT2D eigenvalue weighted by atomic mass is 10.1. The Morgan fingerprint density at radius 2 is 1.42 bits per heavy atom. The fraction of sp³-hybridized carbons (Fsp3) is 0.227. The number of hydrogen-bond acceptors (Lipinski definition) is 4. The van der Waals surface area contributed by atoms with Crippen molar-refractivity contribution in [3.63, 3.8) is 0 Å². The van der Waals surface area contributed by atoms with Crippen LogP contribution in [-0.2, 0) is 18.8 Å². The maximum atomic E-state index is 6.37. The first-order valence-corrected chi connectivity index (χ1v) is 8.86. The molecule has 0 unspecified atom stereocenters. The predicted molar refractivity (Wildman–Crippen MR) is 101 cm³/mol. The van der Waals surface area contributed by atoms with Gasteiger partial charge in [0, 0.05) is 6.07 Å². The molecule has 1 saturated carbocycles. The Bertz CT molecular complexity index is 862. The van der Waals surface area contributed by atoms with E-state index < -0.39 is 0 Å². The largest absolute Gasteiger partial charge is 0.487 e. The van der Waals surface area contributed by atoms with Gasteiger partial charge in [0.15, 0.2) is 0 Å². The van der Waals surface area contributed by atoms with Gasteiger partial charge in [0.2, 0.25) is 0 Å². The zero-order valence-corrected chi connectivity index (χ0v) is 14.6. The fourth-order valence-electron chi connectivity index (χ4n) is 2.84. The molecule has 2 aromatic carbocycles. The second-order valence-corrected chi connectivity index (χ2v) is 6.72. The molecule has 1 aromatic heterocycles. The van der Waals surface area contributed by atoms with Crippen LogP contribution in [0.1, 0.15) is 29.7 Å². The molecule has 1 heterocycles. The number of ether oxygens (including phenoxy) is 2. The van der Waals surface area contributed by atoms with Crippen molar-refractivity contribution in [2.75, 3.05) is 0 Å². The van der Waals surface area contributed by atoms with Crippen LogP contribution < -0.4 is 15.2 Å². The molecular formula is C22H22N2O2. The van der Waals surface area contributed by atoms with Crippen LogP contribution in [0.2, 0.25) is 0 Å². The lowest BCUT2D eigenvalue weighted by Crippen LogP contribution is -2.21. The van der Waals surface area contributed by atoms with Crippen molar-refractivity contribution in [3.05, 3.63) is 89.7 Å². The normalized spacial score (nSPS) is 14.7. The van der Waals surface area contributed by atoms with Gasteiger partial charge in [-0.3, -0.25) is 4.98 Å². The SMILES string of the molecule is NC1(c2ncc(OCc3ccccc3)cc2OCc2ccccc2)CC1. The van der Waals surface area contributed by atoms with Gasteiger partial charge in [-0.1, -0.05) is 60.7 Å². The van der Waals surface area contributed by atoms with Gasteiger partial charge in [0.1, 0.15) is 30.4 Å². The minimum Gasteiger partial charge on any atom is -0.487 e. The molecule has 132 valence electrons. The van der Waals surface area contributed by atoms with Crippen LogP contribution in [0, 0.1) is 0 Å². The molecule has 0 atom stereocenters. The number of benzene rings is 2. The molecule has 4 rings (SSSR count). The van der Waals surface area contributed by atoms with Crippen molar-refractivity contribution in [1.82, 2.24) is 4.98 Å². The van der Waals surface area contributed by atoms with Crippen LogP contribution in [0.3, 0.4) is 0 Å². The van der Waals surface area contributed by atoms with Crippen molar-refractivity contribution in [2.24, 2.45) is 5.73 Å². The maximum absolute atomic E-state index is 6.37. The summed E-state index contributed by atoms with van der Waals surface area (Å²) in [7, 11) is 0. The van der Waals surface area contributed by atoms with Crippen LogP contribution in [0.25, 0.3) is 0 Å². The van der Waals surface area contributed by atoms with Crippen molar-refractivity contribution in [3.8, 4) is 11.5 Å². The Morgan fingerprint density at radius 3 is 2.00 bits per heavy atom. The van der Waals surface area contributed by atoms with Crippen molar-refractivity contribution >= 4 is 0 Å². The number of hydrogen-bond donors (Lipinski definition) is 1. The van der Waals surface area contributed by atoms with Crippen LogP contribution in [-0.4, -0.2) is 4.98 Å². The van der Waals surface area contributed by atoms with Gasteiger partial charge in [-0.15, -0.1) is 0 Å². The van der Waals surface area contributed by atoms with E-state index in [0.29, 0.717) is 24.7 Å². The highest BCUT2D eigenvalue weighted by Gasteiger charge is 2.44. The van der Waals surface area contributed by atoms with Crippen molar-refractivity contribution < 1.29 is 9.47 Å². The van der Waals surface area contributed by atoms with Crippen LogP contribution in [0.5, 0.6) is 11.5 Å². The summed E-state index contributed by atoms with van der Waals surface area (Å²) in [6.07, 6.45) is 3.61. The molecule has 2 N–H and O–H groups in total. The lowest BCUT2D eigenvalue weighted by molar-refractivity contribution is 0.283. The van der Waals surface area contributed by atoms with E-state index in [4.69, 9.17) is 15.2 Å². The van der Waals surface area contributed by atoms with E-state index in [0.717, 1.165) is 29.7 Å². The lowest BCUT2D eigenvalue weighted by Gasteiger charge is -2.16. The molecule has 1 aliphatic rings. The Labute approximate surface area is 153 Å². The molecule has 1 fully saturated rings. The van der Waals surface area contributed by atoms with Crippen molar-refractivity contribution in [2.45, 2.75) is 31.6 Å². The summed E-state index contributed by atoms with van der Waals surface area (Å²) in [6, 6.07) is 22.0. The average molecular weight is 346 g/mol. The maximum Gasteiger partial charge on any atom is 0.146 e. The monoisotopic (exact) mass is 346 g/mol. The van der Waals surface area contributed by atoms with Gasteiger partial charge >= 0.3 is 0 Å². The summed E-state index contributed by atoms with van der Waals surface area (Å²) in [5.41, 5.74) is 9.05. The molecule has 3 aromatic rings. The Kier molecular flexibility index (Phi) is 4.59. The second-order valence-electron chi connectivity index (χ2n) is 6.72. The topological polar surface area (TPSA) is 57.4 Å². The predicted octanol–water partition coefficient (Wildman–Crippen LogP) is 4.19. The van der Waals surface area contributed by atoms with Crippen molar-refractivity contribution in [1.29, 1.82) is 0 Å². The number of pyridine rings is 1. The molecule has 26 heavy (non-hydrogen) atoms. The van der Waals surface area contributed by atoms with E-state index in [1.807, 2.05) is 66.7 Å². The highest BCUT2D eigenvalue weighted by atomic mass is 16.5. The molecule has 4 nitrogen and oxygen atoms in total. The molecule has 0 bridgehead atoms. The molecule has 0 aliphatic heterocycles. The first-order valence-electron chi connectivity index (χ1n) is 8.86. The zero-order chi connectivity index (χ0) is 17.8. The van der Waals surface area contributed by atoms with Gasteiger partial charge in [-0.25, -0.2) is 0 Å². The molecule has 0 spiro atoms. The van der Waals surface area contributed by atoms with Gasteiger partial charge in [0.05, 0.1) is 11.7 Å². The quantitative estimate of drug-likeness (QED) is 0.697. The van der Waals surface area contributed by atoms with E-state index in [-0.39, 0.29) is 5.54 Å². The highest BCUT2D eigenvalue weighted by molar-refractivity contribution is 5.41. The summed E-state index contributed by atoms with van der Waals surface area (Å²) >= 11 is 0. The standard InChI is InChI=1S/C22H22N2O2/c23-22(11-12-22)21-20(26-16-18-9-5-2-6-10-18)13-19(14-24-21)25-15-17-7-3-1-4-8-17/h1-10,13-14H,11-12,15-16,23H2. The number of aromatic nitrogens is 1. The first-order chi connectivity index (χ1) is 12.7. The zero-order valence-electron chi connectivity index (χ0n) is 14.6. The summed E-state index contributed by atoms with van der Waals surface area (Å²) < 4.78 is 11.9. The fourth-order valence-corrected chi connectivity index (χ4v) is 2.84. The van der Waals surface area contributed by atoms with Crippen LogP contribution in [0.4, 0.5) is 0 Å². The van der Waals surface area contributed by atoms with Gasteiger partial charge < -0.3 is 15.2 Å². The number of nitrogens with zero attached hydrogens (tertiary/aromatic N) is 1. The van der Waals surface area contributed by atoms with Crippen LogP contribution >= 0.6 is 0 Å². The van der Waals surface area contributed by atoms with E-state index in [1.165, 1.54) is 0 Å². The molecular weight excluding hydrogens is 324 g/mol. The number of nitrogens with two attached hydrogens (primary N) is 1. The average Bonchev–Trinajstić information content (AvgIpc) is 3.45. The minimum absolute atomic E-state index is 0.357. The summed E-state index contributed by atoms with van der Waals surface area (Å²) in [4.78, 5) is 4.56. The van der Waals surface area contributed by atoms with Gasteiger partial charge in [-0.05, 0) is 24.0 Å². The van der Waals surface area contributed by atoms with E-state index in [2.05, 4.69) is 4.98 Å². The van der Waals surface area contributed by atoms with E-state index in [1.54, 1.807) is 6.20 Å². The third-order valence-corrected chi connectivity index (χ3v) is 4.57. The van der Waals surface area contributed by atoms with E-state index >= 15 is 0 Å². The number of rotatable bonds is 7. The Morgan fingerprint density at radius 1 is 0.846 bits per heavy atom. The summed E-state index contributed by atoms with van der Waals surface area (Å²) in [6.45, 7) is 0.974. The Hall–Kier alpha value is -2.85. The summed E-state index contributed by atoms with van der Waals surface area (Å²) in [5.74, 6) is 1.39. The van der Waals surface area contributed by atoms with E-state index in [9.17, 15) is 0 Å². The smallest absolute Gasteiger partial charge is 0.146 e. The molecule has 4 heteroatoms. The molecule has 0 saturated heterocycles. The third-order valence-electron chi connectivity index (χ3n) is 4.57. The van der Waals surface area contributed by atoms with Crippen LogP contribution in [0.15, 0.2) is 72.9 Å². The first kappa shape index (κ1) is 16.6.